The molecule has 0 saturated carbocycles. The monoisotopic (exact) mass is 264 g/mol. The summed E-state index contributed by atoms with van der Waals surface area (Å²) in [6.45, 7) is 1.33. The number of rotatable bonds is 5. The summed E-state index contributed by atoms with van der Waals surface area (Å²) < 4.78 is 26.9. The van der Waals surface area contributed by atoms with E-state index in [1.807, 2.05) is 0 Å². The van der Waals surface area contributed by atoms with E-state index in [-0.39, 0.29) is 11.7 Å². The van der Waals surface area contributed by atoms with Crippen LogP contribution in [0.15, 0.2) is 0 Å². The number of sulfone groups is 1. The summed E-state index contributed by atoms with van der Waals surface area (Å²) in [4.78, 5) is 11.8. The summed E-state index contributed by atoms with van der Waals surface area (Å²) in [5.74, 6) is -0.136. The van der Waals surface area contributed by atoms with Crippen LogP contribution in [0.25, 0.3) is 0 Å². The zero-order valence-corrected chi connectivity index (χ0v) is 10.9. The van der Waals surface area contributed by atoms with Gasteiger partial charge in [0.05, 0.1) is 11.3 Å². The molecule has 0 radical (unpaired) electrons. The summed E-state index contributed by atoms with van der Waals surface area (Å²) in [6, 6.07) is 0. The first kappa shape index (κ1) is 14.4. The first-order valence-corrected chi connectivity index (χ1v) is 7.72. The Bertz CT molecular complexity index is 361. The van der Waals surface area contributed by atoms with E-state index >= 15 is 0 Å². The molecule has 1 rings (SSSR count). The SMILES string of the molecule is CS(=O)(=O)CCCNC(=O)C1(N)CCOCC1. The molecule has 0 unspecified atom stereocenters. The molecule has 0 aromatic heterocycles. The number of hydrogen-bond donors (Lipinski definition) is 2. The van der Waals surface area contributed by atoms with E-state index in [0.717, 1.165) is 0 Å². The maximum Gasteiger partial charge on any atom is 0.240 e. The van der Waals surface area contributed by atoms with Gasteiger partial charge in [0.2, 0.25) is 5.91 Å². The Balaban J connectivity index is 2.29. The fraction of sp³-hybridized carbons (Fsp3) is 0.900. The smallest absolute Gasteiger partial charge is 0.240 e. The van der Waals surface area contributed by atoms with E-state index in [9.17, 15) is 13.2 Å². The molecule has 7 heteroatoms. The lowest BCUT2D eigenvalue weighted by Crippen LogP contribution is -2.57. The van der Waals surface area contributed by atoms with Gasteiger partial charge in [-0.25, -0.2) is 8.42 Å². The van der Waals surface area contributed by atoms with Gasteiger partial charge in [-0.2, -0.15) is 0 Å². The minimum Gasteiger partial charge on any atom is -0.381 e. The maximum absolute atomic E-state index is 11.8. The lowest BCUT2D eigenvalue weighted by Gasteiger charge is -2.31. The third-order valence-corrected chi connectivity index (χ3v) is 3.84. The fourth-order valence-electron chi connectivity index (χ4n) is 1.68. The molecule has 1 aliphatic heterocycles. The number of carbonyl (C=O) groups is 1. The van der Waals surface area contributed by atoms with Crippen molar-refractivity contribution in [2.75, 3.05) is 31.8 Å². The van der Waals surface area contributed by atoms with Crippen molar-refractivity contribution < 1.29 is 17.9 Å². The Kier molecular flexibility index (Phi) is 4.91. The highest BCUT2D eigenvalue weighted by atomic mass is 32.2. The van der Waals surface area contributed by atoms with Gasteiger partial charge in [0.15, 0.2) is 0 Å². The van der Waals surface area contributed by atoms with Crippen LogP contribution in [-0.2, 0) is 19.4 Å². The Hall–Kier alpha value is -0.660. The normalized spacial score (nSPS) is 19.9. The van der Waals surface area contributed by atoms with Crippen LogP contribution in [0.1, 0.15) is 19.3 Å². The van der Waals surface area contributed by atoms with Gasteiger partial charge in [0.1, 0.15) is 9.84 Å². The van der Waals surface area contributed by atoms with E-state index in [1.165, 1.54) is 6.26 Å². The van der Waals surface area contributed by atoms with Crippen molar-refractivity contribution in [1.29, 1.82) is 0 Å². The third-order valence-electron chi connectivity index (χ3n) is 2.81. The van der Waals surface area contributed by atoms with E-state index in [0.29, 0.717) is 39.0 Å². The zero-order chi connectivity index (χ0) is 12.9. The van der Waals surface area contributed by atoms with Crippen molar-refractivity contribution in [3.05, 3.63) is 0 Å². The largest absolute Gasteiger partial charge is 0.381 e. The lowest BCUT2D eigenvalue weighted by molar-refractivity contribution is -0.129. The predicted octanol–water partition coefficient (Wildman–Crippen LogP) is -0.955. The van der Waals surface area contributed by atoms with Gasteiger partial charge in [-0.1, -0.05) is 0 Å². The quantitative estimate of drug-likeness (QED) is 0.624. The summed E-state index contributed by atoms with van der Waals surface area (Å²) in [5.41, 5.74) is 5.10. The van der Waals surface area contributed by atoms with Gasteiger partial charge in [0.25, 0.3) is 0 Å². The zero-order valence-electron chi connectivity index (χ0n) is 10.1. The molecule has 1 aliphatic rings. The summed E-state index contributed by atoms with van der Waals surface area (Å²) in [5, 5.41) is 2.68. The number of amides is 1. The van der Waals surface area contributed by atoms with Gasteiger partial charge in [-0.3, -0.25) is 4.79 Å². The van der Waals surface area contributed by atoms with Gasteiger partial charge in [-0.05, 0) is 19.3 Å². The molecular formula is C10H20N2O4S. The average Bonchev–Trinajstić information content (AvgIpc) is 2.24. The molecule has 1 amide bonds. The number of ether oxygens (including phenoxy) is 1. The van der Waals surface area contributed by atoms with Crippen LogP contribution in [0.4, 0.5) is 0 Å². The van der Waals surface area contributed by atoms with Crippen LogP contribution < -0.4 is 11.1 Å². The Morgan fingerprint density at radius 2 is 2.00 bits per heavy atom. The topological polar surface area (TPSA) is 98.5 Å². The minimum absolute atomic E-state index is 0.0773. The number of nitrogens with two attached hydrogens (primary N) is 1. The van der Waals surface area contributed by atoms with Gasteiger partial charge in [-0.15, -0.1) is 0 Å². The second-order valence-electron chi connectivity index (χ2n) is 4.51. The van der Waals surface area contributed by atoms with Crippen molar-refractivity contribution in [3.63, 3.8) is 0 Å². The molecule has 1 heterocycles. The molecule has 0 atom stereocenters. The Labute approximate surface area is 102 Å². The summed E-state index contributed by atoms with van der Waals surface area (Å²) in [6.07, 6.45) is 2.60. The van der Waals surface area contributed by atoms with Crippen LogP contribution in [0.2, 0.25) is 0 Å². The van der Waals surface area contributed by atoms with Crippen LogP contribution in [-0.4, -0.2) is 51.6 Å². The van der Waals surface area contributed by atoms with Crippen molar-refractivity contribution in [1.82, 2.24) is 5.32 Å². The van der Waals surface area contributed by atoms with E-state index < -0.39 is 15.4 Å². The lowest BCUT2D eigenvalue weighted by atomic mass is 9.90. The molecule has 0 aliphatic carbocycles. The third kappa shape index (κ3) is 5.01. The molecule has 0 aromatic rings. The van der Waals surface area contributed by atoms with Crippen LogP contribution >= 0.6 is 0 Å². The van der Waals surface area contributed by atoms with Gasteiger partial charge < -0.3 is 15.8 Å². The fourth-order valence-corrected chi connectivity index (χ4v) is 2.34. The van der Waals surface area contributed by atoms with Crippen LogP contribution in [0.5, 0.6) is 0 Å². The van der Waals surface area contributed by atoms with Crippen molar-refractivity contribution in [3.8, 4) is 0 Å². The number of nitrogens with one attached hydrogen (secondary N) is 1. The predicted molar refractivity (Wildman–Crippen MR) is 64.3 cm³/mol. The molecule has 3 N–H and O–H groups in total. The van der Waals surface area contributed by atoms with Gasteiger partial charge >= 0.3 is 0 Å². The number of carbonyl (C=O) groups excluding carboxylic acids is 1. The average molecular weight is 264 g/mol. The van der Waals surface area contributed by atoms with Crippen LogP contribution in [0, 0.1) is 0 Å². The second-order valence-corrected chi connectivity index (χ2v) is 6.77. The molecule has 1 fully saturated rings. The van der Waals surface area contributed by atoms with Crippen molar-refractivity contribution >= 4 is 15.7 Å². The molecule has 17 heavy (non-hydrogen) atoms. The molecule has 100 valence electrons. The van der Waals surface area contributed by atoms with E-state index in [4.69, 9.17) is 10.5 Å². The maximum atomic E-state index is 11.8. The molecule has 0 aromatic carbocycles. The standard InChI is InChI=1S/C10H20N2O4S/c1-17(14,15)8-2-5-12-9(13)10(11)3-6-16-7-4-10/h2-8,11H2,1H3,(H,12,13). The highest BCUT2D eigenvalue weighted by Crippen LogP contribution is 2.17. The summed E-state index contributed by atoms with van der Waals surface area (Å²) in [7, 11) is -2.96. The number of hydrogen-bond acceptors (Lipinski definition) is 5. The van der Waals surface area contributed by atoms with Gasteiger partial charge in [0, 0.05) is 26.0 Å². The second kappa shape index (κ2) is 5.79. The first-order chi connectivity index (χ1) is 7.83. The van der Waals surface area contributed by atoms with Crippen molar-refractivity contribution in [2.45, 2.75) is 24.8 Å². The van der Waals surface area contributed by atoms with E-state index in [2.05, 4.69) is 5.32 Å². The molecule has 0 spiro atoms. The summed E-state index contributed by atoms with van der Waals surface area (Å²) >= 11 is 0. The first-order valence-electron chi connectivity index (χ1n) is 5.66. The Morgan fingerprint density at radius 3 is 2.53 bits per heavy atom. The molecule has 6 nitrogen and oxygen atoms in total. The van der Waals surface area contributed by atoms with E-state index in [1.54, 1.807) is 0 Å². The molecular weight excluding hydrogens is 244 g/mol. The highest BCUT2D eigenvalue weighted by Gasteiger charge is 2.35. The highest BCUT2D eigenvalue weighted by molar-refractivity contribution is 7.90. The Morgan fingerprint density at radius 1 is 1.41 bits per heavy atom. The van der Waals surface area contributed by atoms with Crippen molar-refractivity contribution in [2.24, 2.45) is 5.73 Å². The van der Waals surface area contributed by atoms with Crippen LogP contribution in [0.3, 0.4) is 0 Å². The molecule has 1 saturated heterocycles. The minimum atomic E-state index is -2.96. The molecule has 0 bridgehead atoms.